The van der Waals surface area contributed by atoms with Crippen molar-refractivity contribution in [3.8, 4) is 0 Å². The normalized spacial score (nSPS) is 26.8. The van der Waals surface area contributed by atoms with E-state index < -0.39 is 0 Å². The zero-order valence-electron chi connectivity index (χ0n) is 10.7. The molecule has 1 N–H and O–H groups in total. The summed E-state index contributed by atoms with van der Waals surface area (Å²) in [5.74, 6) is 1.86. The number of ether oxygens (including phenoxy) is 1. The summed E-state index contributed by atoms with van der Waals surface area (Å²) < 4.78 is 5.44. The summed E-state index contributed by atoms with van der Waals surface area (Å²) in [6.45, 7) is 1.98. The zero-order chi connectivity index (χ0) is 11.2. The van der Waals surface area contributed by atoms with Gasteiger partial charge in [-0.1, -0.05) is 19.3 Å². The Morgan fingerprint density at radius 1 is 1.06 bits per heavy atom. The largest absolute Gasteiger partial charge is 0.381 e. The molecule has 94 valence electrons. The molecule has 1 aliphatic heterocycles. The van der Waals surface area contributed by atoms with Gasteiger partial charge in [-0.05, 0) is 51.0 Å². The zero-order valence-corrected chi connectivity index (χ0v) is 10.7. The second kappa shape index (κ2) is 6.61. The van der Waals surface area contributed by atoms with Gasteiger partial charge in [-0.2, -0.15) is 0 Å². The third-order valence-electron chi connectivity index (χ3n) is 4.52. The van der Waals surface area contributed by atoms with Crippen molar-refractivity contribution in [2.45, 2.75) is 57.4 Å². The molecule has 0 amide bonds. The molecule has 0 radical (unpaired) electrons. The SMILES string of the molecule is CNC(CC1CCOCC1)C1CCCCC1. The van der Waals surface area contributed by atoms with Crippen LogP contribution in [0.25, 0.3) is 0 Å². The highest BCUT2D eigenvalue weighted by Crippen LogP contribution is 2.31. The van der Waals surface area contributed by atoms with Gasteiger partial charge in [0, 0.05) is 19.3 Å². The molecule has 0 spiro atoms. The van der Waals surface area contributed by atoms with Crippen LogP contribution in [0.2, 0.25) is 0 Å². The molecule has 1 unspecified atom stereocenters. The van der Waals surface area contributed by atoms with Crippen molar-refractivity contribution in [3.63, 3.8) is 0 Å². The molecule has 0 aromatic rings. The lowest BCUT2D eigenvalue weighted by atomic mass is 9.79. The van der Waals surface area contributed by atoms with E-state index >= 15 is 0 Å². The van der Waals surface area contributed by atoms with Crippen LogP contribution in [0.1, 0.15) is 51.4 Å². The van der Waals surface area contributed by atoms with Crippen LogP contribution < -0.4 is 5.32 Å². The molecule has 1 saturated heterocycles. The van der Waals surface area contributed by atoms with Crippen molar-refractivity contribution >= 4 is 0 Å². The molecule has 0 bridgehead atoms. The van der Waals surface area contributed by atoms with Gasteiger partial charge in [-0.15, -0.1) is 0 Å². The third kappa shape index (κ3) is 3.46. The van der Waals surface area contributed by atoms with Gasteiger partial charge in [0.25, 0.3) is 0 Å². The minimum Gasteiger partial charge on any atom is -0.381 e. The van der Waals surface area contributed by atoms with Crippen LogP contribution in [0.3, 0.4) is 0 Å². The average molecular weight is 225 g/mol. The van der Waals surface area contributed by atoms with E-state index in [2.05, 4.69) is 12.4 Å². The predicted octanol–water partition coefficient (Wildman–Crippen LogP) is 2.97. The fourth-order valence-electron chi connectivity index (χ4n) is 3.42. The maximum Gasteiger partial charge on any atom is 0.0468 e. The van der Waals surface area contributed by atoms with Crippen LogP contribution in [-0.4, -0.2) is 26.3 Å². The van der Waals surface area contributed by atoms with E-state index in [1.807, 2.05) is 0 Å². The molecular weight excluding hydrogens is 198 g/mol. The fraction of sp³-hybridized carbons (Fsp3) is 1.00. The molecule has 0 aromatic heterocycles. The number of rotatable bonds is 4. The summed E-state index contributed by atoms with van der Waals surface area (Å²) in [5, 5.41) is 3.58. The van der Waals surface area contributed by atoms with Crippen molar-refractivity contribution in [1.29, 1.82) is 0 Å². The Morgan fingerprint density at radius 3 is 2.38 bits per heavy atom. The van der Waals surface area contributed by atoms with Gasteiger partial charge in [0.2, 0.25) is 0 Å². The summed E-state index contributed by atoms with van der Waals surface area (Å²) in [6.07, 6.45) is 11.2. The molecule has 2 rings (SSSR count). The highest BCUT2D eigenvalue weighted by atomic mass is 16.5. The molecule has 1 heterocycles. The van der Waals surface area contributed by atoms with E-state index in [0.29, 0.717) is 0 Å². The highest BCUT2D eigenvalue weighted by Gasteiger charge is 2.25. The first-order valence-corrected chi connectivity index (χ1v) is 7.15. The quantitative estimate of drug-likeness (QED) is 0.794. The Kier molecular flexibility index (Phi) is 5.11. The first kappa shape index (κ1) is 12.4. The second-order valence-corrected chi connectivity index (χ2v) is 5.58. The number of nitrogens with one attached hydrogen (secondary N) is 1. The van der Waals surface area contributed by atoms with Gasteiger partial charge in [-0.3, -0.25) is 0 Å². The molecule has 1 aliphatic carbocycles. The molecule has 2 nitrogen and oxygen atoms in total. The van der Waals surface area contributed by atoms with E-state index in [0.717, 1.165) is 31.1 Å². The lowest BCUT2D eigenvalue weighted by Crippen LogP contribution is -2.37. The Hall–Kier alpha value is -0.0800. The van der Waals surface area contributed by atoms with Crippen LogP contribution in [0, 0.1) is 11.8 Å². The molecule has 16 heavy (non-hydrogen) atoms. The Morgan fingerprint density at radius 2 is 1.75 bits per heavy atom. The van der Waals surface area contributed by atoms with Crippen molar-refractivity contribution < 1.29 is 4.74 Å². The van der Waals surface area contributed by atoms with Crippen LogP contribution in [0.15, 0.2) is 0 Å². The van der Waals surface area contributed by atoms with Crippen LogP contribution in [-0.2, 0) is 4.74 Å². The average Bonchev–Trinajstić information content (AvgIpc) is 2.38. The summed E-state index contributed by atoms with van der Waals surface area (Å²) in [6, 6.07) is 0.767. The molecular formula is C14H27NO. The molecule has 2 fully saturated rings. The van der Waals surface area contributed by atoms with Gasteiger partial charge in [0.05, 0.1) is 0 Å². The number of hydrogen-bond donors (Lipinski definition) is 1. The predicted molar refractivity (Wildman–Crippen MR) is 67.6 cm³/mol. The lowest BCUT2D eigenvalue weighted by molar-refractivity contribution is 0.0569. The van der Waals surface area contributed by atoms with Crippen molar-refractivity contribution in [1.82, 2.24) is 5.32 Å². The summed E-state index contributed by atoms with van der Waals surface area (Å²) >= 11 is 0. The van der Waals surface area contributed by atoms with E-state index in [4.69, 9.17) is 4.74 Å². The monoisotopic (exact) mass is 225 g/mol. The Labute approximate surface area is 100 Å². The molecule has 1 atom stereocenters. The van der Waals surface area contributed by atoms with E-state index in [-0.39, 0.29) is 0 Å². The van der Waals surface area contributed by atoms with Crippen molar-refractivity contribution in [2.75, 3.05) is 20.3 Å². The molecule has 2 heteroatoms. The molecule has 0 aromatic carbocycles. The van der Waals surface area contributed by atoms with Gasteiger partial charge < -0.3 is 10.1 Å². The first-order valence-electron chi connectivity index (χ1n) is 7.15. The van der Waals surface area contributed by atoms with E-state index in [1.54, 1.807) is 0 Å². The topological polar surface area (TPSA) is 21.3 Å². The lowest BCUT2D eigenvalue weighted by Gasteiger charge is -2.33. The summed E-state index contributed by atoms with van der Waals surface area (Å²) in [4.78, 5) is 0. The fourth-order valence-corrected chi connectivity index (χ4v) is 3.42. The van der Waals surface area contributed by atoms with Gasteiger partial charge in [0.15, 0.2) is 0 Å². The highest BCUT2D eigenvalue weighted by molar-refractivity contribution is 4.81. The van der Waals surface area contributed by atoms with Gasteiger partial charge in [0.1, 0.15) is 0 Å². The minimum atomic E-state index is 0.767. The second-order valence-electron chi connectivity index (χ2n) is 5.58. The van der Waals surface area contributed by atoms with Gasteiger partial charge in [-0.25, -0.2) is 0 Å². The molecule has 1 saturated carbocycles. The van der Waals surface area contributed by atoms with E-state index in [9.17, 15) is 0 Å². The first-order chi connectivity index (χ1) is 7.90. The molecule has 2 aliphatic rings. The van der Waals surface area contributed by atoms with Crippen LogP contribution in [0.4, 0.5) is 0 Å². The van der Waals surface area contributed by atoms with E-state index in [1.165, 1.54) is 51.4 Å². The summed E-state index contributed by atoms with van der Waals surface area (Å²) in [5.41, 5.74) is 0. The van der Waals surface area contributed by atoms with Gasteiger partial charge >= 0.3 is 0 Å². The minimum absolute atomic E-state index is 0.767. The van der Waals surface area contributed by atoms with Crippen molar-refractivity contribution in [3.05, 3.63) is 0 Å². The van der Waals surface area contributed by atoms with Crippen molar-refractivity contribution in [2.24, 2.45) is 11.8 Å². The smallest absolute Gasteiger partial charge is 0.0468 e. The van der Waals surface area contributed by atoms with Crippen LogP contribution >= 0.6 is 0 Å². The maximum atomic E-state index is 5.44. The standard InChI is InChI=1S/C14H27NO/c1-15-14(13-5-3-2-4-6-13)11-12-7-9-16-10-8-12/h12-15H,2-11H2,1H3. The Balaban J connectivity index is 1.78. The number of hydrogen-bond acceptors (Lipinski definition) is 2. The van der Waals surface area contributed by atoms with Crippen LogP contribution in [0.5, 0.6) is 0 Å². The third-order valence-corrected chi connectivity index (χ3v) is 4.52. The maximum absolute atomic E-state index is 5.44. The Bertz CT molecular complexity index is 183. The summed E-state index contributed by atoms with van der Waals surface area (Å²) in [7, 11) is 2.15.